The summed E-state index contributed by atoms with van der Waals surface area (Å²) in [5, 5.41) is 3.72. The Hall–Kier alpha value is -2.77. The molecule has 4 rings (SSSR count). The molecule has 1 N–H and O–H groups in total. The number of sulfonamides is 1. The van der Waals surface area contributed by atoms with Crippen LogP contribution in [0.1, 0.15) is 30.6 Å². The molecule has 0 saturated carbocycles. The van der Waals surface area contributed by atoms with Crippen LogP contribution in [0.5, 0.6) is 0 Å². The van der Waals surface area contributed by atoms with E-state index in [1.807, 2.05) is 24.3 Å². The molecule has 30 heavy (non-hydrogen) atoms. The molecule has 0 radical (unpaired) electrons. The third-order valence-corrected chi connectivity index (χ3v) is 7.31. The lowest BCUT2D eigenvalue weighted by atomic mass is 9.94. The van der Waals surface area contributed by atoms with Crippen LogP contribution in [0.25, 0.3) is 10.9 Å². The molecule has 2 atom stereocenters. The van der Waals surface area contributed by atoms with Gasteiger partial charge in [-0.2, -0.15) is 4.31 Å². The van der Waals surface area contributed by atoms with Crippen LogP contribution in [0.15, 0.2) is 65.7 Å². The minimum absolute atomic E-state index is 0.244. The monoisotopic (exact) mass is 423 g/mol. The van der Waals surface area contributed by atoms with Gasteiger partial charge in [0.15, 0.2) is 0 Å². The first kappa shape index (κ1) is 20.5. The van der Waals surface area contributed by atoms with Gasteiger partial charge in [-0.3, -0.25) is 9.78 Å². The first-order valence-corrected chi connectivity index (χ1v) is 11.5. The van der Waals surface area contributed by atoms with E-state index in [-0.39, 0.29) is 10.8 Å². The zero-order chi connectivity index (χ0) is 21.3. The third-order valence-electron chi connectivity index (χ3n) is 5.46. The second-order valence-electron chi connectivity index (χ2n) is 8.13. The van der Waals surface area contributed by atoms with Crippen molar-refractivity contribution < 1.29 is 13.2 Å². The second kappa shape index (κ2) is 8.16. The summed E-state index contributed by atoms with van der Waals surface area (Å²) < 4.78 is 27.6. The summed E-state index contributed by atoms with van der Waals surface area (Å²) in [6.45, 7) is 5.25. The average Bonchev–Trinajstić information content (AvgIpc) is 2.73. The molecule has 0 spiro atoms. The number of pyridine rings is 1. The summed E-state index contributed by atoms with van der Waals surface area (Å²) in [7, 11) is -3.54. The van der Waals surface area contributed by atoms with Crippen molar-refractivity contribution in [2.45, 2.75) is 25.2 Å². The molecule has 3 aromatic rings. The topological polar surface area (TPSA) is 79.4 Å². The Labute approximate surface area is 177 Å². The van der Waals surface area contributed by atoms with Crippen LogP contribution in [-0.2, 0) is 10.0 Å². The van der Waals surface area contributed by atoms with E-state index in [1.54, 1.807) is 40.8 Å². The maximum Gasteiger partial charge on any atom is 0.257 e. The fraction of sp³-hybridized carbons (Fsp3) is 0.304. The normalized spacial score (nSPS) is 20.2. The van der Waals surface area contributed by atoms with Crippen LogP contribution in [0.4, 0.5) is 5.69 Å². The summed E-state index contributed by atoms with van der Waals surface area (Å²) in [6, 6.07) is 15.5. The summed E-state index contributed by atoms with van der Waals surface area (Å²) in [4.78, 5) is 17.3. The molecular weight excluding hydrogens is 398 g/mol. The van der Waals surface area contributed by atoms with Gasteiger partial charge in [0.25, 0.3) is 5.91 Å². The molecule has 7 heteroatoms. The first-order valence-electron chi connectivity index (χ1n) is 10.1. The first-order chi connectivity index (χ1) is 14.3. The van der Waals surface area contributed by atoms with E-state index < -0.39 is 10.0 Å². The van der Waals surface area contributed by atoms with Crippen LogP contribution in [-0.4, -0.2) is 36.7 Å². The summed E-state index contributed by atoms with van der Waals surface area (Å²) in [6.07, 6.45) is 2.70. The number of nitrogens with zero attached hydrogens (tertiary/aromatic N) is 2. The van der Waals surface area contributed by atoms with E-state index in [2.05, 4.69) is 24.1 Å². The van der Waals surface area contributed by atoms with E-state index in [0.717, 1.165) is 11.8 Å². The Morgan fingerprint density at radius 1 is 1.00 bits per heavy atom. The standard InChI is InChI=1S/C23H25N3O3S/c1-16-13-17(2)15-26(14-16)30(28,29)20-10-8-19(9-11-20)25-23(27)21-7-3-5-18-6-4-12-24-22(18)21/h3-12,16-17H,13-15H2,1-2H3,(H,25,27)/t16-,17-/m1/s1. The highest BCUT2D eigenvalue weighted by Gasteiger charge is 2.31. The van der Waals surface area contributed by atoms with Crippen LogP contribution in [0, 0.1) is 11.8 Å². The molecule has 1 fully saturated rings. The summed E-state index contributed by atoms with van der Waals surface area (Å²) >= 11 is 0. The number of fused-ring (bicyclic) bond motifs is 1. The highest BCUT2D eigenvalue weighted by Crippen LogP contribution is 2.27. The molecule has 0 unspecified atom stereocenters. The Balaban J connectivity index is 1.53. The van der Waals surface area contributed by atoms with Gasteiger partial charge in [-0.1, -0.05) is 32.0 Å². The molecule has 0 bridgehead atoms. The second-order valence-corrected chi connectivity index (χ2v) is 10.1. The minimum atomic E-state index is -3.54. The highest BCUT2D eigenvalue weighted by atomic mass is 32.2. The number of carbonyl (C=O) groups is 1. The number of rotatable bonds is 4. The predicted octanol–water partition coefficient (Wildman–Crippen LogP) is 4.15. The number of hydrogen-bond acceptors (Lipinski definition) is 4. The average molecular weight is 424 g/mol. The number of carbonyl (C=O) groups excluding carboxylic acids is 1. The highest BCUT2D eigenvalue weighted by molar-refractivity contribution is 7.89. The van der Waals surface area contributed by atoms with Gasteiger partial charge in [0, 0.05) is 30.4 Å². The van der Waals surface area contributed by atoms with Crippen LogP contribution in [0.2, 0.25) is 0 Å². The number of benzene rings is 2. The Kier molecular flexibility index (Phi) is 5.58. The van der Waals surface area contributed by atoms with Crippen molar-refractivity contribution in [2.75, 3.05) is 18.4 Å². The molecule has 1 amide bonds. The lowest BCUT2D eigenvalue weighted by molar-refractivity contribution is 0.102. The Morgan fingerprint density at radius 2 is 1.67 bits per heavy atom. The van der Waals surface area contributed by atoms with Crippen LogP contribution >= 0.6 is 0 Å². The number of piperidine rings is 1. The minimum Gasteiger partial charge on any atom is -0.322 e. The number of aromatic nitrogens is 1. The van der Waals surface area contributed by atoms with Gasteiger partial charge in [-0.25, -0.2) is 8.42 Å². The molecule has 2 aromatic carbocycles. The van der Waals surface area contributed by atoms with Gasteiger partial charge < -0.3 is 5.32 Å². The quantitative estimate of drug-likeness (QED) is 0.684. The molecule has 6 nitrogen and oxygen atoms in total. The van der Waals surface area contributed by atoms with E-state index in [4.69, 9.17) is 0 Å². The van der Waals surface area contributed by atoms with Crippen molar-refractivity contribution in [2.24, 2.45) is 11.8 Å². The van der Waals surface area contributed by atoms with E-state index in [9.17, 15) is 13.2 Å². The number of amides is 1. The number of para-hydroxylation sites is 1. The van der Waals surface area contributed by atoms with Crippen LogP contribution < -0.4 is 5.32 Å². The van der Waals surface area contributed by atoms with Crippen molar-refractivity contribution in [3.05, 3.63) is 66.4 Å². The molecule has 1 aliphatic heterocycles. The zero-order valence-corrected chi connectivity index (χ0v) is 17.9. The SMILES string of the molecule is C[C@@H]1C[C@@H](C)CN(S(=O)(=O)c2ccc(NC(=O)c3cccc4cccnc34)cc2)C1. The van der Waals surface area contributed by atoms with E-state index >= 15 is 0 Å². The van der Waals surface area contributed by atoms with Crippen molar-refractivity contribution in [3.63, 3.8) is 0 Å². The summed E-state index contributed by atoms with van der Waals surface area (Å²) in [5.74, 6) is 0.404. The van der Waals surface area contributed by atoms with Gasteiger partial charge in [0.1, 0.15) is 0 Å². The van der Waals surface area contributed by atoms with Gasteiger partial charge in [-0.15, -0.1) is 0 Å². The Morgan fingerprint density at radius 3 is 2.37 bits per heavy atom. The largest absolute Gasteiger partial charge is 0.322 e. The molecule has 1 aliphatic rings. The maximum absolute atomic E-state index is 13.0. The molecule has 156 valence electrons. The van der Waals surface area contributed by atoms with Crippen molar-refractivity contribution in [3.8, 4) is 0 Å². The number of anilines is 1. The maximum atomic E-state index is 13.0. The third kappa shape index (κ3) is 4.08. The van der Waals surface area contributed by atoms with Gasteiger partial charge >= 0.3 is 0 Å². The molecule has 2 heterocycles. The van der Waals surface area contributed by atoms with Gasteiger partial charge in [0.2, 0.25) is 10.0 Å². The number of nitrogens with one attached hydrogen (secondary N) is 1. The van der Waals surface area contributed by atoms with Crippen molar-refractivity contribution in [1.29, 1.82) is 0 Å². The van der Waals surface area contributed by atoms with Gasteiger partial charge in [-0.05, 0) is 54.7 Å². The smallest absolute Gasteiger partial charge is 0.257 e. The molecule has 1 saturated heterocycles. The molecule has 0 aliphatic carbocycles. The number of hydrogen-bond donors (Lipinski definition) is 1. The zero-order valence-electron chi connectivity index (χ0n) is 17.1. The fourth-order valence-electron chi connectivity index (χ4n) is 4.15. The fourth-order valence-corrected chi connectivity index (χ4v) is 5.83. The predicted molar refractivity (Wildman–Crippen MR) is 118 cm³/mol. The Bertz CT molecular complexity index is 1160. The van der Waals surface area contributed by atoms with E-state index in [1.165, 1.54) is 0 Å². The molecule has 1 aromatic heterocycles. The van der Waals surface area contributed by atoms with Crippen molar-refractivity contribution in [1.82, 2.24) is 9.29 Å². The lowest BCUT2D eigenvalue weighted by Gasteiger charge is -2.34. The van der Waals surface area contributed by atoms with Crippen LogP contribution in [0.3, 0.4) is 0 Å². The van der Waals surface area contributed by atoms with Gasteiger partial charge in [0.05, 0.1) is 16.0 Å². The van der Waals surface area contributed by atoms with E-state index in [0.29, 0.717) is 41.7 Å². The summed E-state index contributed by atoms with van der Waals surface area (Å²) in [5.41, 5.74) is 1.64. The van der Waals surface area contributed by atoms with Crippen molar-refractivity contribution >= 4 is 32.5 Å². The lowest BCUT2D eigenvalue weighted by Crippen LogP contribution is -2.42. The molecular formula is C23H25N3O3S.